The molecule has 1 atom stereocenters. The Labute approximate surface area is 225 Å². The second-order valence-corrected chi connectivity index (χ2v) is 10.4. The molecule has 39 heavy (non-hydrogen) atoms. The maximum Gasteiger partial charge on any atom is 0.276 e. The van der Waals surface area contributed by atoms with Gasteiger partial charge in [0.05, 0.1) is 26.8 Å². The molecule has 6 rings (SSSR count). The molecule has 0 unspecified atom stereocenters. The third-order valence-corrected chi connectivity index (χ3v) is 7.93. The van der Waals surface area contributed by atoms with Crippen LogP contribution in [0.1, 0.15) is 42.0 Å². The predicted molar refractivity (Wildman–Crippen MR) is 146 cm³/mol. The minimum absolute atomic E-state index is 0.0952. The summed E-state index contributed by atoms with van der Waals surface area (Å²) in [6.07, 6.45) is 5.82. The number of thiazole rings is 1. The molecule has 1 aliphatic heterocycles. The topological polar surface area (TPSA) is 77.5 Å². The van der Waals surface area contributed by atoms with Gasteiger partial charge in [-0.25, -0.2) is 13.8 Å². The van der Waals surface area contributed by atoms with Gasteiger partial charge in [0.1, 0.15) is 11.6 Å². The molecular weight excluding hydrogens is 520 g/mol. The third kappa shape index (κ3) is 4.66. The summed E-state index contributed by atoms with van der Waals surface area (Å²) >= 11 is 1.17. The molecule has 0 spiro atoms. The summed E-state index contributed by atoms with van der Waals surface area (Å²) < 4.78 is 29.3. The van der Waals surface area contributed by atoms with E-state index in [0.717, 1.165) is 40.8 Å². The first-order valence-corrected chi connectivity index (χ1v) is 13.2. The standard InChI is InChI=1S/C30H21F2N3O3S/c31-22-12-8-18(9-13-22)16-21-5-3-6-24-27(21)33-30-34(28(24)19-10-14-23(32)15-11-19)29(36)26(39-30)17-20-4-1-2-7-25(20)35(37)38/h1-2,4,7-17,28H,3,5-6H2/b21-16+,26-17+/t28-/m0/s1. The fourth-order valence-corrected chi connectivity index (χ4v) is 6.17. The molecule has 2 aliphatic rings. The van der Waals surface area contributed by atoms with Gasteiger partial charge in [0, 0.05) is 6.07 Å². The first-order valence-electron chi connectivity index (χ1n) is 12.4. The van der Waals surface area contributed by atoms with Crippen molar-refractivity contribution in [2.45, 2.75) is 25.3 Å². The summed E-state index contributed by atoms with van der Waals surface area (Å²) in [7, 11) is 0. The molecule has 2 heterocycles. The number of hydrogen-bond donors (Lipinski definition) is 0. The van der Waals surface area contributed by atoms with Gasteiger partial charge in [0.15, 0.2) is 4.80 Å². The van der Waals surface area contributed by atoms with Gasteiger partial charge < -0.3 is 0 Å². The van der Waals surface area contributed by atoms with E-state index in [-0.39, 0.29) is 22.9 Å². The minimum Gasteiger partial charge on any atom is -0.272 e. The molecule has 9 heteroatoms. The number of halogens is 2. The molecule has 0 radical (unpaired) electrons. The Hall–Kier alpha value is -4.50. The van der Waals surface area contributed by atoms with Gasteiger partial charge in [0.25, 0.3) is 11.2 Å². The second kappa shape index (κ2) is 9.99. The molecule has 1 aromatic heterocycles. The Bertz CT molecular complexity index is 1850. The molecule has 0 fully saturated rings. The highest BCUT2D eigenvalue weighted by Crippen LogP contribution is 2.41. The zero-order valence-corrected chi connectivity index (χ0v) is 21.3. The molecule has 1 aliphatic carbocycles. The molecule has 0 N–H and O–H groups in total. The fraction of sp³-hybridized carbons (Fsp3) is 0.133. The van der Waals surface area contributed by atoms with E-state index in [1.807, 2.05) is 6.08 Å². The lowest BCUT2D eigenvalue weighted by Crippen LogP contribution is -2.39. The van der Waals surface area contributed by atoms with E-state index in [0.29, 0.717) is 21.3 Å². The number of benzene rings is 3. The van der Waals surface area contributed by atoms with Crippen LogP contribution in [0.3, 0.4) is 0 Å². The summed E-state index contributed by atoms with van der Waals surface area (Å²) in [5.74, 6) is -0.693. The van der Waals surface area contributed by atoms with Gasteiger partial charge in [0.2, 0.25) is 0 Å². The SMILES string of the molecule is O=c1/c(=C\c2ccccc2[N+](=O)[O-])sc2n1[C@@H](c1ccc(F)cc1)C1=C(N=2)/C(=C/c2ccc(F)cc2)CCC1. The molecule has 6 nitrogen and oxygen atoms in total. The Kier molecular flexibility index (Phi) is 6.36. The number of rotatable bonds is 4. The molecule has 0 bridgehead atoms. The van der Waals surface area contributed by atoms with Crippen molar-refractivity contribution < 1.29 is 13.7 Å². The van der Waals surface area contributed by atoms with Gasteiger partial charge in [-0.1, -0.05) is 47.7 Å². The molecule has 4 aromatic rings. The maximum absolute atomic E-state index is 13.9. The van der Waals surface area contributed by atoms with Gasteiger partial charge in [-0.3, -0.25) is 19.5 Å². The summed E-state index contributed by atoms with van der Waals surface area (Å²) in [6.45, 7) is 0. The van der Waals surface area contributed by atoms with E-state index in [4.69, 9.17) is 4.99 Å². The zero-order chi connectivity index (χ0) is 27.1. The molecule has 0 saturated carbocycles. The van der Waals surface area contributed by atoms with Gasteiger partial charge in [-0.05, 0) is 84.0 Å². The van der Waals surface area contributed by atoms with Crippen LogP contribution in [0, 0.1) is 21.7 Å². The predicted octanol–water partition coefficient (Wildman–Crippen LogP) is 5.67. The van der Waals surface area contributed by atoms with Gasteiger partial charge in [-0.15, -0.1) is 0 Å². The molecule has 0 amide bonds. The first kappa shape index (κ1) is 24.8. The zero-order valence-electron chi connectivity index (χ0n) is 20.5. The Morgan fingerprint density at radius 3 is 2.36 bits per heavy atom. The van der Waals surface area contributed by atoms with Crippen molar-refractivity contribution in [3.05, 3.63) is 148 Å². The van der Waals surface area contributed by atoms with Crippen molar-refractivity contribution >= 4 is 29.2 Å². The van der Waals surface area contributed by atoms with E-state index in [2.05, 4.69) is 0 Å². The first-order chi connectivity index (χ1) is 18.9. The fourth-order valence-electron chi connectivity index (χ4n) is 5.18. The van der Waals surface area contributed by atoms with Crippen LogP contribution in [0.25, 0.3) is 12.2 Å². The number of nitrogens with zero attached hydrogens (tertiary/aromatic N) is 3. The highest BCUT2D eigenvalue weighted by molar-refractivity contribution is 7.07. The number of aromatic nitrogens is 1. The van der Waals surface area contributed by atoms with Gasteiger partial charge >= 0.3 is 0 Å². The lowest BCUT2D eigenvalue weighted by molar-refractivity contribution is -0.385. The van der Waals surface area contributed by atoms with E-state index in [1.54, 1.807) is 47.0 Å². The number of para-hydroxylation sites is 1. The van der Waals surface area contributed by atoms with Crippen molar-refractivity contribution in [1.82, 2.24) is 4.57 Å². The molecule has 0 saturated heterocycles. The van der Waals surface area contributed by atoms with Crippen molar-refractivity contribution in [3.8, 4) is 0 Å². The summed E-state index contributed by atoms with van der Waals surface area (Å²) in [5.41, 5.74) is 4.21. The van der Waals surface area contributed by atoms with E-state index in [1.165, 1.54) is 47.7 Å². The number of nitro groups is 1. The van der Waals surface area contributed by atoms with Crippen LogP contribution in [0.5, 0.6) is 0 Å². The van der Waals surface area contributed by atoms with Crippen LogP contribution in [0.2, 0.25) is 0 Å². The van der Waals surface area contributed by atoms with Crippen molar-refractivity contribution in [2.75, 3.05) is 0 Å². The summed E-state index contributed by atoms with van der Waals surface area (Å²) in [6, 6.07) is 18.1. The van der Waals surface area contributed by atoms with E-state index < -0.39 is 11.0 Å². The maximum atomic E-state index is 13.9. The highest BCUT2D eigenvalue weighted by Gasteiger charge is 2.32. The van der Waals surface area contributed by atoms with Crippen molar-refractivity contribution in [2.24, 2.45) is 4.99 Å². The third-order valence-electron chi connectivity index (χ3n) is 6.95. The largest absolute Gasteiger partial charge is 0.276 e. The van der Waals surface area contributed by atoms with Gasteiger partial charge in [-0.2, -0.15) is 0 Å². The van der Waals surface area contributed by atoms with Crippen LogP contribution in [-0.2, 0) is 0 Å². The normalized spacial score (nSPS) is 18.1. The molecule has 3 aromatic carbocycles. The summed E-state index contributed by atoms with van der Waals surface area (Å²) in [5, 5.41) is 11.6. The highest BCUT2D eigenvalue weighted by atomic mass is 32.1. The van der Waals surface area contributed by atoms with Crippen LogP contribution in [0.4, 0.5) is 14.5 Å². The van der Waals surface area contributed by atoms with Crippen molar-refractivity contribution in [1.29, 1.82) is 0 Å². The van der Waals surface area contributed by atoms with Crippen LogP contribution in [-0.4, -0.2) is 9.49 Å². The number of fused-ring (bicyclic) bond motifs is 1. The lowest BCUT2D eigenvalue weighted by Gasteiger charge is -2.31. The minimum atomic E-state index is -0.498. The average molecular weight is 542 g/mol. The number of hydrogen-bond acceptors (Lipinski definition) is 5. The van der Waals surface area contributed by atoms with E-state index >= 15 is 0 Å². The van der Waals surface area contributed by atoms with Crippen LogP contribution in [0.15, 0.2) is 99.4 Å². The second-order valence-electron chi connectivity index (χ2n) is 9.40. The lowest BCUT2D eigenvalue weighted by atomic mass is 9.84. The number of nitro benzene ring substituents is 1. The Balaban J connectivity index is 1.58. The smallest absolute Gasteiger partial charge is 0.272 e. The average Bonchev–Trinajstić information content (AvgIpc) is 3.24. The van der Waals surface area contributed by atoms with Crippen molar-refractivity contribution in [3.63, 3.8) is 0 Å². The summed E-state index contributed by atoms with van der Waals surface area (Å²) in [4.78, 5) is 30.3. The molecule has 194 valence electrons. The van der Waals surface area contributed by atoms with E-state index in [9.17, 15) is 23.7 Å². The number of allylic oxidation sites excluding steroid dienone is 2. The quantitative estimate of drug-likeness (QED) is 0.247. The Morgan fingerprint density at radius 1 is 0.949 bits per heavy atom. The van der Waals surface area contributed by atoms with Crippen LogP contribution >= 0.6 is 11.3 Å². The Morgan fingerprint density at radius 2 is 1.64 bits per heavy atom. The van der Waals surface area contributed by atoms with Crippen LogP contribution < -0.4 is 14.9 Å². The molecular formula is C30H21F2N3O3S. The monoisotopic (exact) mass is 541 g/mol.